The Labute approximate surface area is 357 Å². The predicted molar refractivity (Wildman–Crippen MR) is 245 cm³/mol. The highest BCUT2D eigenvalue weighted by atomic mass is 16.5. The van der Waals surface area contributed by atoms with Crippen LogP contribution in [0.15, 0.2) is 97.1 Å². The van der Waals surface area contributed by atoms with E-state index in [0.29, 0.717) is 0 Å². The molecule has 0 spiro atoms. The maximum Gasteiger partial charge on any atom is 0.123 e. The van der Waals surface area contributed by atoms with E-state index in [-0.39, 0.29) is 0 Å². The fourth-order valence-corrected chi connectivity index (χ4v) is 8.85. The van der Waals surface area contributed by atoms with Crippen molar-refractivity contribution in [3.8, 4) is 45.0 Å². The van der Waals surface area contributed by atoms with Crippen LogP contribution in [0.3, 0.4) is 0 Å². The minimum atomic E-state index is 0.883. The highest BCUT2D eigenvalue weighted by Crippen LogP contribution is 2.42. The second-order valence-corrected chi connectivity index (χ2v) is 16.2. The van der Waals surface area contributed by atoms with Crippen LogP contribution >= 0.6 is 0 Å². The van der Waals surface area contributed by atoms with Gasteiger partial charge in [0.2, 0.25) is 0 Å². The molecule has 0 radical (unpaired) electrons. The number of benzene rings is 4. The second kappa shape index (κ2) is 21.8. The van der Waals surface area contributed by atoms with Crippen LogP contribution in [0.5, 0.6) is 0 Å². The molecule has 0 saturated heterocycles. The molecule has 10 nitrogen and oxygen atoms in total. The Balaban J connectivity index is 0.000000181. The van der Waals surface area contributed by atoms with Crippen molar-refractivity contribution >= 4 is 11.4 Å². The molecule has 2 aliphatic rings. The zero-order valence-corrected chi connectivity index (χ0v) is 36.4. The topological polar surface area (TPSA) is 86.4 Å². The summed E-state index contributed by atoms with van der Waals surface area (Å²) in [5, 5.41) is 17.8. The summed E-state index contributed by atoms with van der Waals surface area (Å²) in [5.41, 5.74) is 14.2. The van der Waals surface area contributed by atoms with Crippen molar-refractivity contribution < 1.29 is 9.47 Å². The van der Waals surface area contributed by atoms with Crippen LogP contribution < -0.4 is 9.80 Å². The number of aryl methyl sites for hydroxylation is 2. The molecule has 0 amide bonds. The zero-order valence-electron chi connectivity index (χ0n) is 36.4. The number of nitrogens with zero attached hydrogens (tertiary/aromatic N) is 8. The van der Waals surface area contributed by atoms with E-state index in [4.69, 9.17) is 9.47 Å². The van der Waals surface area contributed by atoms with Crippen molar-refractivity contribution in [1.29, 1.82) is 0 Å². The van der Waals surface area contributed by atoms with E-state index in [9.17, 15) is 0 Å². The molecule has 4 heterocycles. The van der Waals surface area contributed by atoms with Crippen molar-refractivity contribution in [3.05, 3.63) is 108 Å². The number of para-hydroxylation sites is 2. The monoisotopic (exact) mass is 809 g/mol. The van der Waals surface area contributed by atoms with Crippen LogP contribution in [0, 0.1) is 0 Å². The molecule has 316 valence electrons. The molecule has 2 aromatic heterocycles. The molecule has 0 fully saturated rings. The number of aromatic nitrogens is 6. The molecule has 0 aliphatic carbocycles. The molecule has 6 aromatic rings. The SMILES string of the molecule is COCCCCCCCCN1Cc2ccccc2-c2c(nnn2C)-c2ccccc21.COCCCCCCCCN1Cc2ccccc2-c2nnn(C)c2-c2ccccc21. The van der Waals surface area contributed by atoms with Crippen molar-refractivity contribution in [2.75, 3.05) is 50.3 Å². The quantitative estimate of drug-likeness (QED) is 0.0794. The largest absolute Gasteiger partial charge is 0.385 e. The molecule has 8 rings (SSSR count). The number of hydrogen-bond donors (Lipinski definition) is 0. The lowest BCUT2D eigenvalue weighted by atomic mass is 9.95. The van der Waals surface area contributed by atoms with Crippen molar-refractivity contribution in [2.24, 2.45) is 14.1 Å². The van der Waals surface area contributed by atoms with Crippen LogP contribution in [-0.2, 0) is 36.7 Å². The minimum Gasteiger partial charge on any atom is -0.385 e. The zero-order chi connectivity index (χ0) is 41.5. The summed E-state index contributed by atoms with van der Waals surface area (Å²) in [7, 11) is 7.53. The van der Waals surface area contributed by atoms with Crippen molar-refractivity contribution in [3.63, 3.8) is 0 Å². The summed E-state index contributed by atoms with van der Waals surface area (Å²) in [6, 6.07) is 34.6. The first-order valence-corrected chi connectivity index (χ1v) is 22.2. The Kier molecular flexibility index (Phi) is 15.5. The standard InChI is InChI=1S/2C25H32N4O/c1-28-25-21-14-8-7-13-20(21)19-29(17-11-5-3-4-6-12-18-30-2)23-16-10-9-15-22(23)24(25)26-27-28;1-28-25-22-15-9-10-16-23(22)29(17-11-5-3-4-6-12-18-30-2)19-20-13-7-8-14-21(20)24(25)26-27-28/h2*7-10,13-16H,3-6,11-12,17-19H2,1-2H3. The Bertz CT molecular complexity index is 2250. The average Bonchev–Trinajstić information content (AvgIpc) is 3.85. The third-order valence-corrected chi connectivity index (χ3v) is 12.0. The molecule has 0 atom stereocenters. The molecular formula is C50H64N8O2. The Morgan fingerprint density at radius 3 is 1.37 bits per heavy atom. The molecule has 60 heavy (non-hydrogen) atoms. The van der Waals surface area contributed by atoms with Gasteiger partial charge in [0.15, 0.2) is 0 Å². The van der Waals surface area contributed by atoms with Gasteiger partial charge in [-0.1, -0.05) is 147 Å². The van der Waals surface area contributed by atoms with E-state index in [1.165, 1.54) is 122 Å². The highest BCUT2D eigenvalue weighted by Gasteiger charge is 2.27. The third-order valence-electron chi connectivity index (χ3n) is 12.0. The number of methoxy groups -OCH3 is 2. The number of unbranched alkanes of at least 4 members (excludes halogenated alkanes) is 10. The van der Waals surface area contributed by atoms with Gasteiger partial charge in [0.25, 0.3) is 0 Å². The number of fused-ring (bicyclic) bond motifs is 10. The normalized spacial score (nSPS) is 12.7. The Hall–Kier alpha value is -5.32. The first-order chi connectivity index (χ1) is 29.6. The maximum absolute atomic E-state index is 5.14. The van der Waals surface area contributed by atoms with E-state index in [1.54, 1.807) is 14.2 Å². The molecule has 0 N–H and O–H groups in total. The van der Waals surface area contributed by atoms with Crippen LogP contribution in [0.4, 0.5) is 11.4 Å². The van der Waals surface area contributed by atoms with Gasteiger partial charge in [-0.25, -0.2) is 9.36 Å². The van der Waals surface area contributed by atoms with Gasteiger partial charge in [-0.15, -0.1) is 10.2 Å². The van der Waals surface area contributed by atoms with E-state index >= 15 is 0 Å². The van der Waals surface area contributed by atoms with E-state index < -0.39 is 0 Å². The fraction of sp³-hybridized carbons (Fsp3) is 0.440. The summed E-state index contributed by atoms with van der Waals surface area (Å²) in [4.78, 5) is 5.06. The fourth-order valence-electron chi connectivity index (χ4n) is 8.85. The Morgan fingerprint density at radius 1 is 0.433 bits per heavy atom. The molecule has 0 saturated carbocycles. The number of rotatable bonds is 18. The second-order valence-electron chi connectivity index (χ2n) is 16.2. The molecule has 10 heteroatoms. The van der Waals surface area contributed by atoms with Gasteiger partial charge in [-0.2, -0.15) is 0 Å². The lowest BCUT2D eigenvalue weighted by Crippen LogP contribution is -2.26. The van der Waals surface area contributed by atoms with Gasteiger partial charge in [-0.3, -0.25) is 0 Å². The van der Waals surface area contributed by atoms with Gasteiger partial charge in [0.05, 0.1) is 11.4 Å². The lowest BCUT2D eigenvalue weighted by molar-refractivity contribution is 0.192. The van der Waals surface area contributed by atoms with Gasteiger partial charge in [0, 0.05) is 101 Å². The van der Waals surface area contributed by atoms with Crippen LogP contribution in [-0.4, -0.2) is 70.5 Å². The van der Waals surface area contributed by atoms with Gasteiger partial charge >= 0.3 is 0 Å². The van der Waals surface area contributed by atoms with E-state index in [2.05, 4.69) is 127 Å². The van der Waals surface area contributed by atoms with Crippen LogP contribution in [0.2, 0.25) is 0 Å². The Morgan fingerprint density at radius 2 is 0.817 bits per heavy atom. The number of anilines is 2. The first kappa shape index (κ1) is 42.8. The molecular weight excluding hydrogens is 745 g/mol. The van der Waals surface area contributed by atoms with E-state index in [0.717, 1.165) is 62.2 Å². The average molecular weight is 809 g/mol. The molecule has 0 unspecified atom stereocenters. The number of ether oxygens (including phenoxy) is 2. The van der Waals surface area contributed by atoms with Crippen LogP contribution in [0.25, 0.3) is 45.0 Å². The smallest absolute Gasteiger partial charge is 0.123 e. The minimum absolute atomic E-state index is 0.883. The highest BCUT2D eigenvalue weighted by molar-refractivity contribution is 5.89. The molecule has 0 bridgehead atoms. The summed E-state index contributed by atoms with van der Waals surface area (Å²) < 4.78 is 14.1. The first-order valence-electron chi connectivity index (χ1n) is 22.2. The third kappa shape index (κ3) is 10.3. The molecule has 4 aromatic carbocycles. The summed E-state index contributed by atoms with van der Waals surface area (Å²) in [6.45, 7) is 5.69. The van der Waals surface area contributed by atoms with Gasteiger partial charge < -0.3 is 19.3 Å². The summed E-state index contributed by atoms with van der Waals surface area (Å²) >= 11 is 0. The predicted octanol–water partition coefficient (Wildman–Crippen LogP) is 10.9. The lowest BCUT2D eigenvalue weighted by Gasteiger charge is -2.30. The van der Waals surface area contributed by atoms with Gasteiger partial charge in [-0.05, 0) is 48.9 Å². The molecule has 2 aliphatic heterocycles. The van der Waals surface area contributed by atoms with Crippen molar-refractivity contribution in [1.82, 2.24) is 30.0 Å². The summed E-state index contributed by atoms with van der Waals surface area (Å²) in [5.74, 6) is 0. The van der Waals surface area contributed by atoms with Crippen molar-refractivity contribution in [2.45, 2.75) is 90.1 Å². The van der Waals surface area contributed by atoms with Gasteiger partial charge in [0.1, 0.15) is 11.4 Å². The number of hydrogen-bond acceptors (Lipinski definition) is 8. The van der Waals surface area contributed by atoms with Crippen LogP contribution in [0.1, 0.15) is 88.2 Å². The maximum atomic E-state index is 5.14. The van der Waals surface area contributed by atoms with E-state index in [1.807, 2.05) is 23.5 Å². The summed E-state index contributed by atoms with van der Waals surface area (Å²) in [6.07, 6.45) is 15.0.